The van der Waals surface area contributed by atoms with Gasteiger partial charge in [-0.3, -0.25) is 9.48 Å². The lowest BCUT2D eigenvalue weighted by molar-refractivity contribution is 0.0935. The van der Waals surface area contributed by atoms with Crippen molar-refractivity contribution in [2.45, 2.75) is 65.0 Å². The number of nitrogens with one attached hydrogen (secondary N) is 2. The van der Waals surface area contributed by atoms with Crippen molar-refractivity contribution < 1.29 is 4.79 Å². The standard InChI is InChI=1S/C23H30N4O/c1-15(18-12-24-27(14-18)13-16-6-5-7-16)25-22(28)21-11-17-10-19(23(2,3)4)8-9-20(17)26-21/h8-12,14-16,26H,5-7,13H2,1-4H3,(H,25,28). The summed E-state index contributed by atoms with van der Waals surface area (Å²) in [6.07, 6.45) is 7.87. The molecule has 2 N–H and O–H groups in total. The van der Waals surface area contributed by atoms with Gasteiger partial charge in [0.1, 0.15) is 5.69 Å². The molecule has 28 heavy (non-hydrogen) atoms. The normalized spacial score (nSPS) is 16.1. The minimum atomic E-state index is -0.0900. The second-order valence-electron chi connectivity index (χ2n) is 9.22. The molecule has 2 aromatic heterocycles. The second-order valence-corrected chi connectivity index (χ2v) is 9.22. The second kappa shape index (κ2) is 7.12. The topological polar surface area (TPSA) is 62.7 Å². The molecule has 1 amide bonds. The molecule has 1 saturated carbocycles. The van der Waals surface area contributed by atoms with Crippen molar-refractivity contribution in [3.8, 4) is 0 Å². The number of nitrogens with zero attached hydrogens (tertiary/aromatic N) is 2. The summed E-state index contributed by atoms with van der Waals surface area (Å²) < 4.78 is 2.01. The van der Waals surface area contributed by atoms with Crippen LogP contribution in [-0.4, -0.2) is 20.7 Å². The fraction of sp³-hybridized carbons (Fsp3) is 0.478. The third kappa shape index (κ3) is 3.84. The van der Waals surface area contributed by atoms with Gasteiger partial charge < -0.3 is 10.3 Å². The third-order valence-corrected chi connectivity index (χ3v) is 5.90. The van der Waals surface area contributed by atoms with Gasteiger partial charge in [0.2, 0.25) is 0 Å². The number of amides is 1. The summed E-state index contributed by atoms with van der Waals surface area (Å²) in [5, 5.41) is 8.62. The molecule has 0 spiro atoms. The molecule has 0 saturated heterocycles. The zero-order chi connectivity index (χ0) is 19.9. The zero-order valence-corrected chi connectivity index (χ0v) is 17.2. The maximum absolute atomic E-state index is 12.8. The lowest BCUT2D eigenvalue weighted by Crippen LogP contribution is -2.26. The highest BCUT2D eigenvalue weighted by molar-refractivity contribution is 5.98. The van der Waals surface area contributed by atoms with Gasteiger partial charge in [0.25, 0.3) is 5.91 Å². The van der Waals surface area contributed by atoms with Crippen molar-refractivity contribution in [2.24, 2.45) is 5.92 Å². The van der Waals surface area contributed by atoms with Crippen molar-refractivity contribution in [3.05, 3.63) is 53.5 Å². The molecule has 3 aromatic rings. The van der Waals surface area contributed by atoms with Crippen molar-refractivity contribution in [1.82, 2.24) is 20.1 Å². The van der Waals surface area contributed by atoms with E-state index in [1.54, 1.807) is 0 Å². The van der Waals surface area contributed by atoms with Gasteiger partial charge in [0, 0.05) is 29.2 Å². The summed E-state index contributed by atoms with van der Waals surface area (Å²) >= 11 is 0. The van der Waals surface area contributed by atoms with Crippen LogP contribution < -0.4 is 5.32 Å². The summed E-state index contributed by atoms with van der Waals surface area (Å²) in [7, 11) is 0. The van der Waals surface area contributed by atoms with Gasteiger partial charge in [0.05, 0.1) is 12.2 Å². The van der Waals surface area contributed by atoms with Crippen LogP contribution in [0.2, 0.25) is 0 Å². The Morgan fingerprint density at radius 1 is 1.32 bits per heavy atom. The number of carbonyl (C=O) groups excluding carboxylic acids is 1. The van der Waals surface area contributed by atoms with Crippen LogP contribution in [0.15, 0.2) is 36.7 Å². The third-order valence-electron chi connectivity index (χ3n) is 5.90. The van der Waals surface area contributed by atoms with E-state index in [4.69, 9.17) is 0 Å². The number of rotatable bonds is 5. The Morgan fingerprint density at radius 2 is 2.11 bits per heavy atom. The Kier molecular flexibility index (Phi) is 4.77. The first-order valence-electron chi connectivity index (χ1n) is 10.3. The zero-order valence-electron chi connectivity index (χ0n) is 17.2. The highest BCUT2D eigenvalue weighted by Gasteiger charge is 2.20. The Balaban J connectivity index is 1.45. The van der Waals surface area contributed by atoms with Crippen LogP contribution in [0.1, 0.15) is 74.6 Å². The van der Waals surface area contributed by atoms with Crippen molar-refractivity contribution in [1.29, 1.82) is 0 Å². The van der Waals surface area contributed by atoms with Crippen LogP contribution in [-0.2, 0) is 12.0 Å². The molecule has 0 aliphatic heterocycles. The van der Waals surface area contributed by atoms with Crippen molar-refractivity contribution in [2.75, 3.05) is 0 Å². The summed E-state index contributed by atoms with van der Waals surface area (Å²) in [6.45, 7) is 9.57. The largest absolute Gasteiger partial charge is 0.351 e. The average Bonchev–Trinajstić information content (AvgIpc) is 3.23. The molecule has 1 unspecified atom stereocenters. The van der Waals surface area contributed by atoms with E-state index in [0.29, 0.717) is 5.69 Å². The molecule has 2 heterocycles. The number of aromatic amines is 1. The van der Waals surface area contributed by atoms with Gasteiger partial charge in [-0.2, -0.15) is 5.10 Å². The Hall–Kier alpha value is -2.56. The molecule has 1 aliphatic carbocycles. The predicted octanol–water partition coefficient (Wildman–Crippen LogP) is 4.95. The van der Waals surface area contributed by atoms with Gasteiger partial charge in [-0.25, -0.2) is 0 Å². The van der Waals surface area contributed by atoms with Gasteiger partial charge in [-0.05, 0) is 54.9 Å². The minimum Gasteiger partial charge on any atom is -0.351 e. The molecule has 1 aromatic carbocycles. The fourth-order valence-electron chi connectivity index (χ4n) is 3.72. The number of hydrogen-bond acceptors (Lipinski definition) is 2. The molecular weight excluding hydrogens is 348 g/mol. The summed E-state index contributed by atoms with van der Waals surface area (Å²) in [5.41, 5.74) is 3.97. The number of hydrogen-bond donors (Lipinski definition) is 2. The van der Waals surface area contributed by atoms with Crippen molar-refractivity contribution >= 4 is 16.8 Å². The molecule has 1 atom stereocenters. The number of benzene rings is 1. The lowest BCUT2D eigenvalue weighted by Gasteiger charge is -2.24. The SMILES string of the molecule is CC(NC(=O)c1cc2cc(C(C)(C)C)ccc2[nH]1)c1cnn(CC2CCC2)c1. The van der Waals surface area contributed by atoms with Crippen LogP contribution in [0, 0.1) is 5.92 Å². The molecule has 5 heteroatoms. The van der Waals surface area contributed by atoms with E-state index in [2.05, 4.69) is 60.6 Å². The van der Waals surface area contributed by atoms with Crippen LogP contribution in [0.3, 0.4) is 0 Å². The Labute approximate surface area is 166 Å². The molecule has 1 fully saturated rings. The first kappa shape index (κ1) is 18.8. The molecule has 0 bridgehead atoms. The summed E-state index contributed by atoms with van der Waals surface area (Å²) in [5.74, 6) is 0.676. The number of aromatic nitrogens is 3. The highest BCUT2D eigenvalue weighted by atomic mass is 16.1. The van der Waals surface area contributed by atoms with E-state index in [0.717, 1.165) is 28.9 Å². The predicted molar refractivity (Wildman–Crippen MR) is 112 cm³/mol. The first-order chi connectivity index (χ1) is 13.3. The quantitative estimate of drug-likeness (QED) is 0.659. The summed E-state index contributed by atoms with van der Waals surface area (Å²) in [4.78, 5) is 16.0. The fourth-order valence-corrected chi connectivity index (χ4v) is 3.72. The molecule has 1 aliphatic rings. The monoisotopic (exact) mass is 378 g/mol. The van der Waals surface area contributed by atoms with E-state index in [1.165, 1.54) is 24.8 Å². The molecule has 148 valence electrons. The first-order valence-corrected chi connectivity index (χ1v) is 10.3. The van der Waals surface area contributed by atoms with E-state index in [9.17, 15) is 4.79 Å². The van der Waals surface area contributed by atoms with Crippen LogP contribution >= 0.6 is 0 Å². The van der Waals surface area contributed by atoms with E-state index in [-0.39, 0.29) is 17.4 Å². The maximum atomic E-state index is 12.8. The smallest absolute Gasteiger partial charge is 0.268 e. The minimum absolute atomic E-state index is 0.0841. The number of carbonyl (C=O) groups is 1. The molecule has 4 rings (SSSR count). The average molecular weight is 379 g/mol. The maximum Gasteiger partial charge on any atom is 0.268 e. The van der Waals surface area contributed by atoms with Gasteiger partial charge in [-0.1, -0.05) is 33.3 Å². The van der Waals surface area contributed by atoms with Crippen LogP contribution in [0.25, 0.3) is 10.9 Å². The lowest BCUT2D eigenvalue weighted by atomic mass is 9.85. The number of H-pyrrole nitrogens is 1. The van der Waals surface area contributed by atoms with Gasteiger partial charge in [0.15, 0.2) is 0 Å². The summed E-state index contributed by atoms with van der Waals surface area (Å²) in [6, 6.07) is 8.20. The van der Waals surface area contributed by atoms with E-state index < -0.39 is 0 Å². The highest BCUT2D eigenvalue weighted by Crippen LogP contribution is 2.28. The molecule has 5 nitrogen and oxygen atoms in total. The van der Waals surface area contributed by atoms with Crippen LogP contribution in [0.4, 0.5) is 0 Å². The van der Waals surface area contributed by atoms with E-state index >= 15 is 0 Å². The van der Waals surface area contributed by atoms with Gasteiger partial charge in [-0.15, -0.1) is 0 Å². The van der Waals surface area contributed by atoms with Crippen LogP contribution in [0.5, 0.6) is 0 Å². The van der Waals surface area contributed by atoms with Gasteiger partial charge >= 0.3 is 0 Å². The Morgan fingerprint density at radius 3 is 2.79 bits per heavy atom. The van der Waals surface area contributed by atoms with E-state index in [1.807, 2.05) is 23.9 Å². The number of fused-ring (bicyclic) bond motifs is 1. The van der Waals surface area contributed by atoms with Crippen molar-refractivity contribution in [3.63, 3.8) is 0 Å². The molecule has 0 radical (unpaired) electrons. The Bertz CT molecular complexity index is 988. The molecular formula is C23H30N4O.